The average molecular weight is 289 g/mol. The molecule has 5 nitrogen and oxygen atoms in total. The highest BCUT2D eigenvalue weighted by molar-refractivity contribution is 5.72. The second-order valence-electron chi connectivity index (χ2n) is 6.30. The van der Waals surface area contributed by atoms with Gasteiger partial charge in [0.1, 0.15) is 0 Å². The Morgan fingerprint density at radius 3 is 1.90 bits per heavy atom. The molecule has 2 N–H and O–H groups in total. The lowest BCUT2D eigenvalue weighted by Crippen LogP contribution is -2.36. The molecule has 0 radical (unpaired) electrons. The van der Waals surface area contributed by atoms with E-state index in [1.165, 1.54) is 6.92 Å². The summed E-state index contributed by atoms with van der Waals surface area (Å²) in [4.78, 5) is 21.5. The highest BCUT2D eigenvalue weighted by atomic mass is 16.5. The Morgan fingerprint density at radius 2 is 1.50 bits per heavy atom. The summed E-state index contributed by atoms with van der Waals surface area (Å²) in [6, 6.07) is 0. The number of amides is 1. The van der Waals surface area contributed by atoms with E-state index in [4.69, 9.17) is 9.84 Å². The van der Waals surface area contributed by atoms with Crippen LogP contribution in [0.25, 0.3) is 0 Å². The molecule has 0 aromatic carbocycles. The highest BCUT2D eigenvalue weighted by Crippen LogP contribution is 2.22. The van der Waals surface area contributed by atoms with E-state index in [1.807, 2.05) is 41.5 Å². The van der Waals surface area contributed by atoms with Gasteiger partial charge in [-0.2, -0.15) is 0 Å². The van der Waals surface area contributed by atoms with Crippen molar-refractivity contribution in [3.63, 3.8) is 0 Å². The Kier molecular flexibility index (Phi) is 10.3. The zero-order valence-corrected chi connectivity index (χ0v) is 14.0. The number of nitrogens with one attached hydrogen (secondary N) is 1. The van der Waals surface area contributed by atoms with Crippen molar-refractivity contribution in [2.45, 2.75) is 54.9 Å². The third-order valence-corrected chi connectivity index (χ3v) is 2.43. The number of carbonyl (C=O) groups excluding carboxylic acids is 1. The van der Waals surface area contributed by atoms with E-state index < -0.39 is 5.97 Å². The number of carbonyl (C=O) groups is 2. The summed E-state index contributed by atoms with van der Waals surface area (Å²) < 4.78 is 5.58. The van der Waals surface area contributed by atoms with Crippen molar-refractivity contribution in [2.75, 3.05) is 19.8 Å². The van der Waals surface area contributed by atoms with Gasteiger partial charge in [-0.3, -0.25) is 9.59 Å². The summed E-state index contributed by atoms with van der Waals surface area (Å²) >= 11 is 0. The minimum atomic E-state index is -0.818. The molecule has 0 fully saturated rings. The Labute approximate surface area is 123 Å². The normalized spacial score (nSPS) is 11.3. The summed E-state index contributed by atoms with van der Waals surface area (Å²) in [7, 11) is 0. The molecule has 0 atom stereocenters. The summed E-state index contributed by atoms with van der Waals surface area (Å²) in [6.07, 6.45) is 0.0825. The van der Waals surface area contributed by atoms with Crippen molar-refractivity contribution in [3.05, 3.63) is 0 Å². The molecule has 0 rings (SSSR count). The second kappa shape index (κ2) is 9.75. The number of ether oxygens (including phenoxy) is 1. The van der Waals surface area contributed by atoms with Crippen LogP contribution < -0.4 is 5.32 Å². The van der Waals surface area contributed by atoms with Crippen LogP contribution in [0, 0.1) is 10.8 Å². The predicted octanol–water partition coefficient (Wildman–Crippen LogP) is 2.69. The Hall–Kier alpha value is -1.10. The van der Waals surface area contributed by atoms with Gasteiger partial charge >= 0.3 is 5.97 Å². The minimum Gasteiger partial charge on any atom is -0.481 e. The zero-order valence-electron chi connectivity index (χ0n) is 14.0. The van der Waals surface area contributed by atoms with Crippen LogP contribution in [-0.4, -0.2) is 36.7 Å². The molecule has 0 heterocycles. The van der Waals surface area contributed by atoms with Gasteiger partial charge in [-0.15, -0.1) is 0 Å². The number of hydrogen-bond acceptors (Lipinski definition) is 3. The molecule has 0 saturated heterocycles. The molecule has 0 saturated carbocycles. The molecule has 20 heavy (non-hydrogen) atoms. The van der Waals surface area contributed by atoms with Crippen molar-refractivity contribution < 1.29 is 19.4 Å². The van der Waals surface area contributed by atoms with E-state index in [9.17, 15) is 9.59 Å². The summed E-state index contributed by atoms with van der Waals surface area (Å²) in [5, 5.41) is 11.5. The van der Waals surface area contributed by atoms with E-state index in [2.05, 4.69) is 5.32 Å². The Balaban J connectivity index is 0. The number of hydrogen-bond donors (Lipinski definition) is 2. The van der Waals surface area contributed by atoms with Gasteiger partial charge in [0, 0.05) is 18.9 Å². The molecule has 0 aromatic heterocycles. The average Bonchev–Trinajstić information content (AvgIpc) is 2.27. The van der Waals surface area contributed by atoms with Crippen LogP contribution in [0.1, 0.15) is 54.9 Å². The van der Waals surface area contributed by atoms with Crippen molar-refractivity contribution in [1.82, 2.24) is 5.32 Å². The number of carboxylic acid groups (broad SMARTS) is 1. The largest absolute Gasteiger partial charge is 0.481 e. The monoisotopic (exact) mass is 289 g/mol. The SMILES string of the molecule is CC.CC(=O)NCC(C)(C)COCC(C)(C)CC(=O)O. The lowest BCUT2D eigenvalue weighted by Gasteiger charge is -2.28. The summed E-state index contributed by atoms with van der Waals surface area (Å²) in [5.41, 5.74) is -0.541. The molecule has 0 aliphatic rings. The van der Waals surface area contributed by atoms with Crippen LogP contribution in [0.2, 0.25) is 0 Å². The molecule has 5 heteroatoms. The van der Waals surface area contributed by atoms with Crippen LogP contribution in [0.5, 0.6) is 0 Å². The van der Waals surface area contributed by atoms with Crippen LogP contribution in [-0.2, 0) is 14.3 Å². The third-order valence-electron chi connectivity index (χ3n) is 2.43. The van der Waals surface area contributed by atoms with Crippen molar-refractivity contribution in [2.24, 2.45) is 10.8 Å². The predicted molar refractivity (Wildman–Crippen MR) is 80.7 cm³/mol. The van der Waals surface area contributed by atoms with Gasteiger partial charge in [-0.1, -0.05) is 41.5 Å². The first-order valence-corrected chi connectivity index (χ1v) is 7.08. The topological polar surface area (TPSA) is 75.6 Å². The number of aliphatic carboxylic acids is 1. The van der Waals surface area contributed by atoms with Crippen LogP contribution in [0.15, 0.2) is 0 Å². The highest BCUT2D eigenvalue weighted by Gasteiger charge is 2.24. The second-order valence-corrected chi connectivity index (χ2v) is 6.30. The Bertz CT molecular complexity index is 298. The summed E-state index contributed by atoms with van der Waals surface area (Å²) in [6.45, 7) is 14.6. The molecule has 1 amide bonds. The maximum atomic E-state index is 10.8. The summed E-state index contributed by atoms with van der Waals surface area (Å²) in [5.74, 6) is -0.879. The number of rotatable bonds is 8. The fourth-order valence-electron chi connectivity index (χ4n) is 1.48. The van der Waals surface area contributed by atoms with Crippen molar-refractivity contribution >= 4 is 11.9 Å². The first kappa shape index (κ1) is 21.2. The quantitative estimate of drug-likeness (QED) is 0.720. The number of carboxylic acids is 1. The molecule has 0 aromatic rings. The smallest absolute Gasteiger partial charge is 0.303 e. The maximum absolute atomic E-state index is 10.8. The van der Waals surface area contributed by atoms with Gasteiger partial charge < -0.3 is 15.2 Å². The molecule has 0 spiro atoms. The molecule has 0 bridgehead atoms. The maximum Gasteiger partial charge on any atom is 0.303 e. The van der Waals surface area contributed by atoms with E-state index in [1.54, 1.807) is 0 Å². The molecular formula is C15H31NO4. The van der Waals surface area contributed by atoms with E-state index in [0.717, 1.165) is 0 Å². The van der Waals surface area contributed by atoms with Crippen LogP contribution >= 0.6 is 0 Å². The van der Waals surface area contributed by atoms with E-state index in [0.29, 0.717) is 19.8 Å². The Morgan fingerprint density at radius 1 is 1.05 bits per heavy atom. The molecular weight excluding hydrogens is 258 g/mol. The fourth-order valence-corrected chi connectivity index (χ4v) is 1.48. The van der Waals surface area contributed by atoms with Crippen LogP contribution in [0.3, 0.4) is 0 Å². The molecule has 0 aliphatic carbocycles. The lowest BCUT2D eigenvalue weighted by molar-refractivity contribution is -0.140. The van der Waals surface area contributed by atoms with Gasteiger partial charge in [0.25, 0.3) is 0 Å². The fraction of sp³-hybridized carbons (Fsp3) is 0.867. The minimum absolute atomic E-state index is 0.0608. The molecule has 120 valence electrons. The van der Waals surface area contributed by atoms with E-state index >= 15 is 0 Å². The molecule has 0 unspecified atom stereocenters. The van der Waals surface area contributed by atoms with E-state index in [-0.39, 0.29) is 23.2 Å². The van der Waals surface area contributed by atoms with Gasteiger partial charge in [0.05, 0.1) is 19.6 Å². The lowest BCUT2D eigenvalue weighted by atomic mass is 9.90. The van der Waals surface area contributed by atoms with Gasteiger partial charge in [0.15, 0.2) is 0 Å². The van der Waals surface area contributed by atoms with Crippen molar-refractivity contribution in [3.8, 4) is 0 Å². The van der Waals surface area contributed by atoms with Gasteiger partial charge in [-0.25, -0.2) is 0 Å². The molecule has 0 aliphatic heterocycles. The van der Waals surface area contributed by atoms with Crippen molar-refractivity contribution in [1.29, 1.82) is 0 Å². The zero-order chi connectivity index (χ0) is 16.4. The third kappa shape index (κ3) is 13.3. The standard InChI is InChI=1S/C13H25NO4.C2H6/c1-10(15)14-7-13(4,5)9-18-8-12(2,3)6-11(16)17;1-2/h6-9H2,1-5H3,(H,14,15)(H,16,17);1-2H3. The first-order valence-electron chi connectivity index (χ1n) is 7.08. The van der Waals surface area contributed by atoms with Gasteiger partial charge in [-0.05, 0) is 5.41 Å². The van der Waals surface area contributed by atoms with Crippen LogP contribution in [0.4, 0.5) is 0 Å². The van der Waals surface area contributed by atoms with Gasteiger partial charge in [0.2, 0.25) is 5.91 Å². The first-order chi connectivity index (χ1) is 9.04.